The molecule has 1 heterocycles. The second-order valence-corrected chi connectivity index (χ2v) is 7.78. The highest BCUT2D eigenvalue weighted by Crippen LogP contribution is 2.21. The van der Waals surface area contributed by atoms with Crippen LogP contribution in [-0.4, -0.2) is 38.7 Å². The maximum Gasteiger partial charge on any atom is 0.240 e. The Hall–Kier alpha value is -1.96. The topological polar surface area (TPSA) is 84.8 Å². The van der Waals surface area contributed by atoms with E-state index in [1.165, 1.54) is 19.2 Å². The Bertz CT molecular complexity index is 731. The molecule has 126 valence electrons. The fourth-order valence-electron chi connectivity index (χ4n) is 2.44. The lowest BCUT2D eigenvalue weighted by Gasteiger charge is -2.07. The third kappa shape index (κ3) is 4.75. The summed E-state index contributed by atoms with van der Waals surface area (Å²) in [5.74, 6) is -0.699. The van der Waals surface area contributed by atoms with Crippen molar-refractivity contribution in [1.82, 2.24) is 5.43 Å². The second kappa shape index (κ2) is 7.08. The van der Waals surface area contributed by atoms with Gasteiger partial charge in [-0.1, -0.05) is 0 Å². The van der Waals surface area contributed by atoms with Gasteiger partial charge in [0.05, 0.1) is 24.3 Å². The van der Waals surface area contributed by atoms with E-state index >= 15 is 0 Å². The molecule has 6 nitrogen and oxygen atoms in total. The molecule has 8 heteroatoms. The molecule has 1 aliphatic rings. The third-order valence-electron chi connectivity index (χ3n) is 3.72. The number of hydrazone groups is 1. The molecule has 0 radical (unpaired) electrons. The number of benzene rings is 1. The number of methoxy groups -OCH3 is 1. The molecule has 1 atom stereocenters. The van der Waals surface area contributed by atoms with Crippen molar-refractivity contribution in [2.75, 3.05) is 18.6 Å². The van der Waals surface area contributed by atoms with Crippen LogP contribution in [-0.2, 0) is 14.6 Å². The Morgan fingerprint density at radius 2 is 2.22 bits per heavy atom. The van der Waals surface area contributed by atoms with E-state index in [9.17, 15) is 17.6 Å². The monoisotopic (exact) mass is 342 g/mol. The van der Waals surface area contributed by atoms with Crippen LogP contribution in [0.1, 0.15) is 25.3 Å². The molecule has 1 amide bonds. The van der Waals surface area contributed by atoms with Crippen LogP contribution in [0.3, 0.4) is 0 Å². The molecule has 1 saturated heterocycles. The van der Waals surface area contributed by atoms with Crippen LogP contribution < -0.4 is 10.2 Å². The van der Waals surface area contributed by atoms with Crippen molar-refractivity contribution in [3.05, 3.63) is 29.6 Å². The zero-order chi connectivity index (χ0) is 17.0. The Kier molecular flexibility index (Phi) is 5.35. The van der Waals surface area contributed by atoms with E-state index in [1.807, 2.05) is 0 Å². The maximum absolute atomic E-state index is 13.6. The zero-order valence-electron chi connectivity index (χ0n) is 13.0. The third-order valence-corrected chi connectivity index (χ3v) is 5.56. The number of hydrogen-bond donors (Lipinski definition) is 1. The highest BCUT2D eigenvalue weighted by Gasteiger charge is 2.29. The van der Waals surface area contributed by atoms with Gasteiger partial charge in [0.1, 0.15) is 0 Å². The summed E-state index contributed by atoms with van der Waals surface area (Å²) in [6, 6.07) is 4.39. The van der Waals surface area contributed by atoms with Crippen molar-refractivity contribution < 1.29 is 22.3 Å². The average molecular weight is 342 g/mol. The van der Waals surface area contributed by atoms with E-state index in [0.717, 1.165) is 0 Å². The Labute approximate surface area is 134 Å². The molecule has 0 saturated carbocycles. The van der Waals surface area contributed by atoms with E-state index in [0.29, 0.717) is 17.7 Å². The molecule has 23 heavy (non-hydrogen) atoms. The minimum absolute atomic E-state index is 0.0484. The van der Waals surface area contributed by atoms with Crippen molar-refractivity contribution in [3.8, 4) is 5.75 Å². The maximum atomic E-state index is 13.6. The van der Waals surface area contributed by atoms with Gasteiger partial charge in [-0.15, -0.1) is 0 Å². The minimum Gasteiger partial charge on any atom is -0.494 e. The molecule has 1 fully saturated rings. The van der Waals surface area contributed by atoms with Crippen molar-refractivity contribution in [3.63, 3.8) is 0 Å². The molecule has 0 unspecified atom stereocenters. The fraction of sp³-hybridized carbons (Fsp3) is 0.467. The molecule has 1 aromatic carbocycles. The van der Waals surface area contributed by atoms with Crippen LogP contribution in [0, 0.1) is 11.7 Å². The number of halogens is 1. The van der Waals surface area contributed by atoms with E-state index in [2.05, 4.69) is 10.5 Å². The Morgan fingerprint density at radius 3 is 2.78 bits per heavy atom. The summed E-state index contributed by atoms with van der Waals surface area (Å²) in [6.45, 7) is 1.64. The van der Waals surface area contributed by atoms with E-state index < -0.39 is 15.7 Å². The molecule has 0 aromatic heterocycles. The predicted molar refractivity (Wildman–Crippen MR) is 84.7 cm³/mol. The van der Waals surface area contributed by atoms with E-state index in [4.69, 9.17) is 4.74 Å². The average Bonchev–Trinajstić information content (AvgIpc) is 2.83. The molecule has 0 bridgehead atoms. The molecule has 1 N–H and O–H groups in total. The van der Waals surface area contributed by atoms with Crippen molar-refractivity contribution in [2.24, 2.45) is 11.0 Å². The Balaban J connectivity index is 1.94. The number of nitrogens with zero attached hydrogens (tertiary/aromatic N) is 1. The lowest BCUT2D eigenvalue weighted by Crippen LogP contribution is -2.22. The summed E-state index contributed by atoms with van der Waals surface area (Å²) < 4.78 is 41.2. The first-order chi connectivity index (χ1) is 10.8. The number of sulfone groups is 1. The number of ether oxygens (including phenoxy) is 1. The molecular formula is C15H19FN2O4S. The number of rotatable bonds is 5. The summed E-state index contributed by atoms with van der Waals surface area (Å²) >= 11 is 0. The molecule has 1 aromatic rings. The second-order valence-electron chi connectivity index (χ2n) is 5.55. The standard InChI is InChI=1S/C15H19FN2O4S/c1-10(12-3-4-14(22-2)13(16)8-12)17-18-15(19)7-11-5-6-23(20,21)9-11/h3-4,8,11H,5-7,9H2,1-2H3,(H,18,19)/b17-10-/t11-/m0/s1. The quantitative estimate of drug-likeness (QED) is 0.649. The van der Waals surface area contributed by atoms with Crippen LogP contribution in [0.15, 0.2) is 23.3 Å². The van der Waals surface area contributed by atoms with Gasteiger partial charge < -0.3 is 4.74 Å². The number of hydrogen-bond acceptors (Lipinski definition) is 5. The van der Waals surface area contributed by atoms with Gasteiger partial charge in [-0.05, 0) is 37.5 Å². The first kappa shape index (κ1) is 17.4. The van der Waals surface area contributed by atoms with Gasteiger partial charge in [0.15, 0.2) is 21.4 Å². The Morgan fingerprint density at radius 1 is 1.48 bits per heavy atom. The smallest absolute Gasteiger partial charge is 0.240 e. The molecule has 1 aliphatic heterocycles. The van der Waals surface area contributed by atoms with Gasteiger partial charge in [0.2, 0.25) is 5.91 Å². The number of carbonyl (C=O) groups is 1. The van der Waals surface area contributed by atoms with Crippen molar-refractivity contribution in [2.45, 2.75) is 19.8 Å². The van der Waals surface area contributed by atoms with Crippen LogP contribution in [0.4, 0.5) is 4.39 Å². The van der Waals surface area contributed by atoms with Gasteiger partial charge in [-0.2, -0.15) is 5.10 Å². The van der Waals surface area contributed by atoms with Gasteiger partial charge in [0.25, 0.3) is 0 Å². The fourth-order valence-corrected chi connectivity index (χ4v) is 4.30. The van der Waals surface area contributed by atoms with E-state index in [-0.39, 0.29) is 35.5 Å². The van der Waals surface area contributed by atoms with Crippen LogP contribution in [0.25, 0.3) is 0 Å². The normalized spacial score (nSPS) is 20.3. The van der Waals surface area contributed by atoms with Crippen LogP contribution >= 0.6 is 0 Å². The number of amides is 1. The van der Waals surface area contributed by atoms with Crippen LogP contribution in [0.5, 0.6) is 5.75 Å². The van der Waals surface area contributed by atoms with E-state index in [1.54, 1.807) is 13.0 Å². The zero-order valence-corrected chi connectivity index (χ0v) is 13.8. The molecule has 0 spiro atoms. The predicted octanol–water partition coefficient (Wildman–Crippen LogP) is 1.50. The summed E-state index contributed by atoms with van der Waals surface area (Å²) in [5, 5.41) is 3.93. The first-order valence-corrected chi connectivity index (χ1v) is 9.00. The first-order valence-electron chi connectivity index (χ1n) is 7.18. The lowest BCUT2D eigenvalue weighted by atomic mass is 10.1. The van der Waals surface area contributed by atoms with Gasteiger partial charge >= 0.3 is 0 Å². The van der Waals surface area contributed by atoms with Crippen LogP contribution in [0.2, 0.25) is 0 Å². The highest BCUT2D eigenvalue weighted by molar-refractivity contribution is 7.91. The van der Waals surface area contributed by atoms with Crippen molar-refractivity contribution >= 4 is 21.5 Å². The summed E-state index contributed by atoms with van der Waals surface area (Å²) in [7, 11) is -1.62. The largest absolute Gasteiger partial charge is 0.494 e. The molecule has 2 rings (SSSR count). The van der Waals surface area contributed by atoms with Gasteiger partial charge in [-0.3, -0.25) is 4.79 Å². The lowest BCUT2D eigenvalue weighted by molar-refractivity contribution is -0.121. The van der Waals surface area contributed by atoms with Gasteiger partial charge in [0, 0.05) is 12.0 Å². The number of carbonyl (C=O) groups excluding carboxylic acids is 1. The van der Waals surface area contributed by atoms with Crippen molar-refractivity contribution in [1.29, 1.82) is 0 Å². The summed E-state index contributed by atoms with van der Waals surface area (Å²) in [4.78, 5) is 11.8. The number of nitrogens with one attached hydrogen (secondary N) is 1. The van der Waals surface area contributed by atoms with Gasteiger partial charge in [-0.25, -0.2) is 18.2 Å². The SMILES string of the molecule is COc1ccc(/C(C)=N\NC(=O)C[C@@H]2CCS(=O)(=O)C2)cc1F. The molecular weight excluding hydrogens is 323 g/mol. The minimum atomic E-state index is -3.00. The summed E-state index contributed by atoms with van der Waals surface area (Å²) in [5.41, 5.74) is 3.35. The molecule has 0 aliphatic carbocycles. The highest BCUT2D eigenvalue weighted by atomic mass is 32.2. The summed E-state index contributed by atoms with van der Waals surface area (Å²) in [6.07, 6.45) is 0.620.